The van der Waals surface area contributed by atoms with E-state index in [-0.39, 0.29) is 5.91 Å². The molecule has 2 aromatic heterocycles. The van der Waals surface area contributed by atoms with Gasteiger partial charge in [0.05, 0.1) is 22.9 Å². The molecule has 2 aromatic rings. The van der Waals surface area contributed by atoms with Crippen LogP contribution in [0.1, 0.15) is 51.6 Å². The maximum Gasteiger partial charge on any atom is 0.266 e. The Kier molecular flexibility index (Phi) is 4.23. The highest BCUT2D eigenvalue weighted by molar-refractivity contribution is 7.13. The van der Waals surface area contributed by atoms with E-state index in [0.29, 0.717) is 23.1 Å². The smallest absolute Gasteiger partial charge is 0.266 e. The number of carbonyl (C=O) groups excluding carboxylic acids is 1. The molecule has 0 bridgehead atoms. The quantitative estimate of drug-likeness (QED) is 0.869. The van der Waals surface area contributed by atoms with E-state index in [2.05, 4.69) is 24.0 Å². The van der Waals surface area contributed by atoms with Gasteiger partial charge in [-0.15, -0.1) is 11.3 Å². The lowest BCUT2D eigenvalue weighted by atomic mass is 10.1. The Bertz CT molecular complexity index is 616. The van der Waals surface area contributed by atoms with Crippen LogP contribution in [0, 0.1) is 13.8 Å². The topological polar surface area (TPSA) is 59.2 Å². The highest BCUT2D eigenvalue weighted by Crippen LogP contribution is 2.20. The Morgan fingerprint density at radius 2 is 2.15 bits per heavy atom. The number of carbonyl (C=O) groups is 1. The molecule has 0 atom stereocenters. The highest BCUT2D eigenvalue weighted by atomic mass is 32.1. The SMILES string of the molecule is Cc1nc(C)c(C(=O)N(C)Cc2cc(C(C)C)no2)s1. The lowest BCUT2D eigenvalue weighted by Crippen LogP contribution is -2.25. The van der Waals surface area contributed by atoms with Crippen LogP contribution in [0.2, 0.25) is 0 Å². The molecule has 0 unspecified atom stereocenters. The van der Waals surface area contributed by atoms with Gasteiger partial charge < -0.3 is 9.42 Å². The van der Waals surface area contributed by atoms with Gasteiger partial charge in [0, 0.05) is 13.1 Å². The normalized spacial score (nSPS) is 11.1. The number of hydrogen-bond donors (Lipinski definition) is 0. The first-order chi connectivity index (χ1) is 9.38. The first-order valence-corrected chi connectivity index (χ1v) is 7.35. The van der Waals surface area contributed by atoms with E-state index in [1.54, 1.807) is 11.9 Å². The summed E-state index contributed by atoms with van der Waals surface area (Å²) in [7, 11) is 1.76. The highest BCUT2D eigenvalue weighted by Gasteiger charge is 2.19. The fraction of sp³-hybridized carbons (Fsp3) is 0.500. The minimum atomic E-state index is -0.0319. The number of aryl methyl sites for hydroxylation is 2. The molecule has 0 spiro atoms. The largest absolute Gasteiger partial charge is 0.359 e. The maximum absolute atomic E-state index is 12.4. The molecule has 5 nitrogen and oxygen atoms in total. The number of thiazole rings is 1. The summed E-state index contributed by atoms with van der Waals surface area (Å²) in [6.07, 6.45) is 0. The molecular weight excluding hydrogens is 274 g/mol. The Morgan fingerprint density at radius 3 is 2.65 bits per heavy atom. The lowest BCUT2D eigenvalue weighted by molar-refractivity contribution is 0.0776. The number of hydrogen-bond acceptors (Lipinski definition) is 5. The molecule has 20 heavy (non-hydrogen) atoms. The molecule has 2 rings (SSSR count). The number of rotatable bonds is 4. The summed E-state index contributed by atoms with van der Waals surface area (Å²) in [5.74, 6) is 0.985. The van der Waals surface area contributed by atoms with Crippen molar-refractivity contribution < 1.29 is 9.32 Å². The van der Waals surface area contributed by atoms with Gasteiger partial charge in [0.2, 0.25) is 0 Å². The van der Waals surface area contributed by atoms with Gasteiger partial charge in [-0.3, -0.25) is 4.79 Å². The zero-order valence-electron chi connectivity index (χ0n) is 12.4. The molecule has 0 N–H and O–H groups in total. The van der Waals surface area contributed by atoms with Gasteiger partial charge in [0.25, 0.3) is 5.91 Å². The summed E-state index contributed by atoms with van der Waals surface area (Å²) in [5, 5.41) is 4.90. The Morgan fingerprint density at radius 1 is 1.45 bits per heavy atom. The summed E-state index contributed by atoms with van der Waals surface area (Å²) >= 11 is 1.42. The number of nitrogens with zero attached hydrogens (tertiary/aromatic N) is 3. The van der Waals surface area contributed by atoms with E-state index >= 15 is 0 Å². The predicted molar refractivity (Wildman–Crippen MR) is 78.0 cm³/mol. The van der Waals surface area contributed by atoms with Gasteiger partial charge in [-0.05, 0) is 19.8 Å². The molecule has 0 radical (unpaired) electrons. The second-order valence-electron chi connectivity index (χ2n) is 5.18. The van der Waals surface area contributed by atoms with Crippen LogP contribution in [-0.2, 0) is 6.54 Å². The van der Waals surface area contributed by atoms with Crippen molar-refractivity contribution >= 4 is 17.2 Å². The molecule has 0 aliphatic carbocycles. The second-order valence-corrected chi connectivity index (χ2v) is 6.38. The summed E-state index contributed by atoms with van der Waals surface area (Å²) in [5.41, 5.74) is 1.69. The van der Waals surface area contributed by atoms with Gasteiger partial charge in [-0.2, -0.15) is 0 Å². The molecule has 0 aliphatic heterocycles. The van der Waals surface area contributed by atoms with Gasteiger partial charge >= 0.3 is 0 Å². The molecule has 0 fully saturated rings. The third kappa shape index (κ3) is 3.07. The van der Waals surface area contributed by atoms with Gasteiger partial charge in [0.1, 0.15) is 4.88 Å². The third-order valence-corrected chi connectivity index (χ3v) is 4.07. The third-order valence-electron chi connectivity index (χ3n) is 3.01. The summed E-state index contributed by atoms with van der Waals surface area (Å²) in [4.78, 5) is 19.0. The van der Waals surface area contributed by atoms with Crippen LogP contribution < -0.4 is 0 Å². The molecule has 2 heterocycles. The van der Waals surface area contributed by atoms with Gasteiger partial charge in [-0.25, -0.2) is 4.98 Å². The van der Waals surface area contributed by atoms with Crippen LogP contribution in [0.3, 0.4) is 0 Å². The zero-order chi connectivity index (χ0) is 14.9. The Labute approximate surface area is 122 Å². The molecule has 0 saturated heterocycles. The van der Waals surface area contributed by atoms with Crippen LogP contribution in [-0.4, -0.2) is 28.0 Å². The van der Waals surface area contributed by atoms with Crippen molar-refractivity contribution in [3.63, 3.8) is 0 Å². The average Bonchev–Trinajstić information content (AvgIpc) is 2.95. The van der Waals surface area contributed by atoms with Crippen molar-refractivity contribution in [2.45, 2.75) is 40.2 Å². The van der Waals surface area contributed by atoms with Crippen LogP contribution in [0.5, 0.6) is 0 Å². The maximum atomic E-state index is 12.4. The minimum Gasteiger partial charge on any atom is -0.359 e. The monoisotopic (exact) mass is 293 g/mol. The van der Waals surface area contributed by atoms with Crippen LogP contribution in [0.4, 0.5) is 0 Å². The van der Waals surface area contributed by atoms with Crippen molar-refractivity contribution in [1.82, 2.24) is 15.0 Å². The summed E-state index contributed by atoms with van der Waals surface area (Å²) in [6.45, 7) is 8.28. The molecule has 108 valence electrons. The van der Waals surface area contributed by atoms with E-state index in [9.17, 15) is 4.79 Å². The number of aromatic nitrogens is 2. The van der Waals surface area contributed by atoms with Crippen LogP contribution >= 0.6 is 11.3 Å². The van der Waals surface area contributed by atoms with E-state index in [1.807, 2.05) is 19.9 Å². The van der Waals surface area contributed by atoms with Crippen molar-refractivity contribution in [2.24, 2.45) is 0 Å². The fourth-order valence-electron chi connectivity index (χ4n) is 1.88. The van der Waals surface area contributed by atoms with E-state index in [0.717, 1.165) is 16.4 Å². The molecular formula is C14H19N3O2S. The molecule has 0 aromatic carbocycles. The van der Waals surface area contributed by atoms with E-state index in [1.165, 1.54) is 11.3 Å². The summed E-state index contributed by atoms with van der Waals surface area (Å²) in [6, 6.07) is 1.90. The van der Waals surface area contributed by atoms with E-state index < -0.39 is 0 Å². The van der Waals surface area contributed by atoms with Crippen molar-refractivity contribution in [3.8, 4) is 0 Å². The van der Waals surface area contributed by atoms with Gasteiger partial charge in [-0.1, -0.05) is 19.0 Å². The molecule has 0 saturated carbocycles. The Hall–Kier alpha value is -1.69. The average molecular weight is 293 g/mol. The minimum absolute atomic E-state index is 0.0319. The first kappa shape index (κ1) is 14.7. The fourth-order valence-corrected chi connectivity index (χ4v) is 2.80. The van der Waals surface area contributed by atoms with E-state index in [4.69, 9.17) is 4.52 Å². The molecule has 6 heteroatoms. The van der Waals surface area contributed by atoms with Crippen LogP contribution in [0.25, 0.3) is 0 Å². The molecule has 1 amide bonds. The standard InChI is InChI=1S/C14H19N3O2S/c1-8(2)12-6-11(19-16-12)7-17(5)14(18)13-9(3)15-10(4)20-13/h6,8H,7H2,1-5H3. The molecule has 0 aliphatic rings. The first-order valence-electron chi connectivity index (χ1n) is 6.53. The Balaban J connectivity index is 2.09. The van der Waals surface area contributed by atoms with Gasteiger partial charge in [0.15, 0.2) is 5.76 Å². The number of amides is 1. The second kappa shape index (κ2) is 5.75. The van der Waals surface area contributed by atoms with Crippen molar-refractivity contribution in [3.05, 3.63) is 33.1 Å². The van der Waals surface area contributed by atoms with Crippen molar-refractivity contribution in [2.75, 3.05) is 7.05 Å². The zero-order valence-corrected chi connectivity index (χ0v) is 13.2. The summed E-state index contributed by atoms with van der Waals surface area (Å²) < 4.78 is 5.26. The predicted octanol–water partition coefficient (Wildman–Crippen LogP) is 3.14. The lowest BCUT2D eigenvalue weighted by Gasteiger charge is -2.14. The van der Waals surface area contributed by atoms with Crippen molar-refractivity contribution in [1.29, 1.82) is 0 Å². The van der Waals surface area contributed by atoms with Crippen LogP contribution in [0.15, 0.2) is 10.6 Å².